The van der Waals surface area contributed by atoms with Gasteiger partial charge < -0.3 is 4.57 Å². The molecule has 0 aliphatic heterocycles. The highest BCUT2D eigenvalue weighted by Crippen LogP contribution is 2.31. The molecule has 0 aliphatic carbocycles. The van der Waals surface area contributed by atoms with Crippen molar-refractivity contribution in [1.82, 2.24) is 14.5 Å². The molecule has 0 amide bonds. The van der Waals surface area contributed by atoms with Crippen LogP contribution in [-0.4, -0.2) is 14.5 Å². The highest BCUT2D eigenvalue weighted by Gasteiger charge is 2.11. The summed E-state index contributed by atoms with van der Waals surface area (Å²) in [6, 6.07) is 20.7. The van der Waals surface area contributed by atoms with E-state index < -0.39 is 0 Å². The minimum atomic E-state index is 0.960. The third-order valence-electron chi connectivity index (χ3n) is 5.38. The summed E-state index contributed by atoms with van der Waals surface area (Å²) in [6.07, 6.45) is 8.13. The summed E-state index contributed by atoms with van der Waals surface area (Å²) in [7, 11) is 0. The van der Waals surface area contributed by atoms with Crippen LogP contribution < -0.4 is 0 Å². The molecule has 2 aromatic carbocycles. The van der Waals surface area contributed by atoms with Crippen molar-refractivity contribution in [3.63, 3.8) is 0 Å². The van der Waals surface area contributed by atoms with Crippen LogP contribution in [0.3, 0.4) is 0 Å². The van der Waals surface area contributed by atoms with Crippen molar-refractivity contribution in [3.8, 4) is 23.7 Å². The number of rotatable bonds is 2. The molecule has 152 valence electrons. The molecule has 0 unspecified atom stereocenters. The third kappa shape index (κ3) is 3.97. The van der Waals surface area contributed by atoms with Gasteiger partial charge in [0.15, 0.2) is 0 Å². The number of fused-ring (bicyclic) bond motifs is 3. The van der Waals surface area contributed by atoms with E-state index in [-0.39, 0.29) is 0 Å². The van der Waals surface area contributed by atoms with Crippen molar-refractivity contribution in [2.24, 2.45) is 0 Å². The molecule has 3 heterocycles. The Kier molecular flexibility index (Phi) is 5.39. The molecule has 0 spiro atoms. The molecule has 5 rings (SSSR count). The van der Waals surface area contributed by atoms with Gasteiger partial charge in [0.2, 0.25) is 0 Å². The number of aryl methyl sites for hydroxylation is 1. The van der Waals surface area contributed by atoms with Crippen LogP contribution >= 0.6 is 0 Å². The van der Waals surface area contributed by atoms with Gasteiger partial charge in [0.1, 0.15) is 0 Å². The van der Waals surface area contributed by atoms with Crippen molar-refractivity contribution < 1.29 is 0 Å². The number of hydrogen-bond acceptors (Lipinski definition) is 2. The summed E-state index contributed by atoms with van der Waals surface area (Å²) in [6.45, 7) is 3.19. The van der Waals surface area contributed by atoms with E-state index in [0.717, 1.165) is 35.2 Å². The summed E-state index contributed by atoms with van der Waals surface area (Å²) >= 11 is 0. The monoisotopic (exact) mass is 411 g/mol. The molecule has 0 fully saturated rings. The zero-order valence-electron chi connectivity index (χ0n) is 17.8. The zero-order chi connectivity index (χ0) is 21.8. The molecule has 0 N–H and O–H groups in total. The maximum absolute atomic E-state index is 4.05. The molecule has 3 heteroatoms. The predicted octanol–water partition coefficient (Wildman–Crippen LogP) is 5.79. The Bertz CT molecular complexity index is 1410. The first-order chi connectivity index (χ1) is 15.8. The molecule has 3 nitrogen and oxygen atoms in total. The van der Waals surface area contributed by atoms with Gasteiger partial charge in [-0.2, -0.15) is 0 Å². The quantitative estimate of drug-likeness (QED) is 0.344. The Balaban J connectivity index is 1.62. The van der Waals surface area contributed by atoms with Crippen LogP contribution in [0.2, 0.25) is 0 Å². The van der Waals surface area contributed by atoms with Gasteiger partial charge in [-0.05, 0) is 67.1 Å². The summed E-state index contributed by atoms with van der Waals surface area (Å²) in [4.78, 5) is 8.11. The standard InChI is InChI=1S/C29H21N3/c1-2-19-32-28-9-7-24(5-3-22-11-15-30-16-12-22)20-26(28)27-21-25(8-10-29(27)32)6-4-23-13-17-31-18-14-23/h7-18,20-21H,2,19H2,1H3. The van der Waals surface area contributed by atoms with Gasteiger partial charge in [-0.3, -0.25) is 9.97 Å². The number of aromatic nitrogens is 3. The highest BCUT2D eigenvalue weighted by molar-refractivity contribution is 6.09. The van der Waals surface area contributed by atoms with E-state index in [1.807, 2.05) is 24.3 Å². The van der Waals surface area contributed by atoms with Crippen molar-refractivity contribution in [2.45, 2.75) is 19.9 Å². The van der Waals surface area contributed by atoms with Gasteiger partial charge in [-0.15, -0.1) is 0 Å². The Hall–Kier alpha value is -4.34. The second-order valence-electron chi connectivity index (χ2n) is 7.59. The lowest BCUT2D eigenvalue weighted by Gasteiger charge is -2.05. The van der Waals surface area contributed by atoms with Crippen molar-refractivity contribution in [2.75, 3.05) is 0 Å². The van der Waals surface area contributed by atoms with Crippen molar-refractivity contribution >= 4 is 21.8 Å². The molecular weight excluding hydrogens is 390 g/mol. The average molecular weight is 412 g/mol. The van der Waals surface area contributed by atoms with Crippen LogP contribution in [0.5, 0.6) is 0 Å². The van der Waals surface area contributed by atoms with E-state index in [1.54, 1.807) is 24.8 Å². The van der Waals surface area contributed by atoms with Crippen LogP contribution in [0.15, 0.2) is 85.5 Å². The summed E-state index contributed by atoms with van der Waals surface area (Å²) in [5, 5.41) is 2.42. The van der Waals surface area contributed by atoms with Crippen LogP contribution in [-0.2, 0) is 6.54 Å². The number of benzene rings is 2. The van der Waals surface area contributed by atoms with E-state index in [0.29, 0.717) is 0 Å². The number of nitrogens with zero attached hydrogens (tertiary/aromatic N) is 3. The van der Waals surface area contributed by atoms with Crippen LogP contribution in [0.25, 0.3) is 21.8 Å². The van der Waals surface area contributed by atoms with Gasteiger partial charge in [0, 0.05) is 75.4 Å². The van der Waals surface area contributed by atoms with Crippen molar-refractivity contribution in [1.29, 1.82) is 0 Å². The second kappa shape index (κ2) is 8.80. The smallest absolute Gasteiger partial charge is 0.0492 e. The molecule has 0 saturated carbocycles. The van der Waals surface area contributed by atoms with Gasteiger partial charge >= 0.3 is 0 Å². The third-order valence-corrected chi connectivity index (χ3v) is 5.38. The van der Waals surface area contributed by atoms with Crippen LogP contribution in [0.1, 0.15) is 35.6 Å². The maximum Gasteiger partial charge on any atom is 0.0492 e. The zero-order valence-corrected chi connectivity index (χ0v) is 17.8. The largest absolute Gasteiger partial charge is 0.340 e. The molecule has 0 radical (unpaired) electrons. The summed E-state index contributed by atoms with van der Waals surface area (Å²) in [5.74, 6) is 13.1. The Labute approximate surface area is 187 Å². The number of pyridine rings is 2. The normalized spacial score (nSPS) is 10.4. The Morgan fingerprint density at radius 2 is 1.03 bits per heavy atom. The topological polar surface area (TPSA) is 30.7 Å². The first-order valence-electron chi connectivity index (χ1n) is 10.7. The Morgan fingerprint density at radius 3 is 1.47 bits per heavy atom. The molecule has 0 atom stereocenters. The lowest BCUT2D eigenvalue weighted by Crippen LogP contribution is -1.95. The maximum atomic E-state index is 4.05. The average Bonchev–Trinajstić information content (AvgIpc) is 3.15. The SMILES string of the molecule is CCCn1c2ccc(C#Cc3ccncc3)cc2c2cc(C#Cc3ccncc3)ccc21. The second-order valence-corrected chi connectivity index (χ2v) is 7.59. The summed E-state index contributed by atoms with van der Waals surface area (Å²) < 4.78 is 2.39. The predicted molar refractivity (Wildman–Crippen MR) is 130 cm³/mol. The van der Waals surface area contributed by atoms with E-state index in [9.17, 15) is 0 Å². The fourth-order valence-corrected chi connectivity index (χ4v) is 3.88. The van der Waals surface area contributed by atoms with Gasteiger partial charge in [-0.25, -0.2) is 0 Å². The molecule has 0 saturated heterocycles. The molecule has 32 heavy (non-hydrogen) atoms. The molecule has 5 aromatic rings. The van der Waals surface area contributed by atoms with Gasteiger partial charge in [0.05, 0.1) is 0 Å². The van der Waals surface area contributed by atoms with E-state index in [4.69, 9.17) is 0 Å². The van der Waals surface area contributed by atoms with E-state index in [2.05, 4.69) is 81.5 Å². The minimum absolute atomic E-state index is 0.960. The van der Waals surface area contributed by atoms with Crippen LogP contribution in [0, 0.1) is 23.7 Å². The lowest BCUT2D eigenvalue weighted by molar-refractivity contribution is 0.724. The first kappa shape index (κ1) is 19.6. The van der Waals surface area contributed by atoms with E-state index in [1.165, 1.54) is 21.8 Å². The van der Waals surface area contributed by atoms with Crippen LogP contribution in [0.4, 0.5) is 0 Å². The van der Waals surface area contributed by atoms with Crippen molar-refractivity contribution in [3.05, 3.63) is 108 Å². The fourth-order valence-electron chi connectivity index (χ4n) is 3.88. The molecule has 3 aromatic heterocycles. The fraction of sp³-hybridized carbons (Fsp3) is 0.103. The highest BCUT2D eigenvalue weighted by atomic mass is 15.0. The molecule has 0 bridgehead atoms. The summed E-state index contributed by atoms with van der Waals surface area (Å²) in [5.41, 5.74) is 6.38. The Morgan fingerprint density at radius 1 is 0.594 bits per heavy atom. The first-order valence-corrected chi connectivity index (χ1v) is 10.7. The van der Waals surface area contributed by atoms with Gasteiger partial charge in [-0.1, -0.05) is 30.6 Å². The minimum Gasteiger partial charge on any atom is -0.340 e. The lowest BCUT2D eigenvalue weighted by atomic mass is 10.1. The number of hydrogen-bond donors (Lipinski definition) is 0. The van der Waals surface area contributed by atoms with Gasteiger partial charge in [0.25, 0.3) is 0 Å². The molecule has 0 aliphatic rings. The molecular formula is C29H21N3. The van der Waals surface area contributed by atoms with E-state index >= 15 is 0 Å².